The van der Waals surface area contributed by atoms with Crippen LogP contribution in [0.5, 0.6) is 0 Å². The lowest BCUT2D eigenvalue weighted by atomic mass is 10.3. The monoisotopic (exact) mass is 348 g/mol. The second kappa shape index (κ2) is 5.71. The van der Waals surface area contributed by atoms with Crippen LogP contribution in [-0.4, -0.2) is 15.5 Å². The molecule has 0 aliphatic rings. The predicted octanol–water partition coefficient (Wildman–Crippen LogP) is 3.54. The Morgan fingerprint density at radius 3 is 2.48 bits per heavy atom. The molecule has 8 heteroatoms. The quantitative estimate of drug-likeness (QED) is 0.862. The minimum Gasteiger partial charge on any atom is -0.397 e. The summed E-state index contributed by atoms with van der Waals surface area (Å²) in [6.45, 7) is 0. The fourth-order valence-electron chi connectivity index (χ4n) is 1.74. The summed E-state index contributed by atoms with van der Waals surface area (Å²) in [6, 6.07) is 7.54. The van der Waals surface area contributed by atoms with Gasteiger partial charge in [0.2, 0.25) is 0 Å². The molecule has 0 aliphatic carbocycles. The van der Waals surface area contributed by atoms with Crippen LogP contribution in [0.25, 0.3) is 0 Å². The van der Waals surface area contributed by atoms with Crippen molar-refractivity contribution in [2.75, 3.05) is 17.1 Å². The first kappa shape index (κ1) is 15.9. The summed E-state index contributed by atoms with van der Waals surface area (Å²) in [7, 11) is -2.77. The van der Waals surface area contributed by atoms with Crippen LogP contribution in [0.2, 0.25) is 10.0 Å². The number of halogens is 3. The van der Waals surface area contributed by atoms with Crippen LogP contribution in [0.3, 0.4) is 0 Å². The largest absolute Gasteiger partial charge is 0.397 e. The van der Waals surface area contributed by atoms with Gasteiger partial charge < -0.3 is 5.73 Å². The van der Waals surface area contributed by atoms with E-state index in [0.29, 0.717) is 5.02 Å². The van der Waals surface area contributed by atoms with E-state index in [1.165, 1.54) is 31.3 Å². The number of rotatable bonds is 3. The zero-order chi connectivity index (χ0) is 15.8. The van der Waals surface area contributed by atoms with Crippen molar-refractivity contribution < 1.29 is 12.8 Å². The molecule has 0 amide bonds. The lowest BCUT2D eigenvalue weighted by Gasteiger charge is -2.22. The number of benzene rings is 2. The summed E-state index contributed by atoms with van der Waals surface area (Å²) in [5.41, 5.74) is 6.16. The van der Waals surface area contributed by atoms with Gasteiger partial charge in [-0.2, -0.15) is 0 Å². The van der Waals surface area contributed by atoms with E-state index in [4.69, 9.17) is 28.9 Å². The van der Waals surface area contributed by atoms with Crippen molar-refractivity contribution in [1.29, 1.82) is 0 Å². The van der Waals surface area contributed by atoms with E-state index in [-0.39, 0.29) is 21.3 Å². The molecule has 112 valence electrons. The maximum Gasteiger partial charge on any atom is 0.265 e. The average molecular weight is 349 g/mol. The highest BCUT2D eigenvalue weighted by Crippen LogP contribution is 2.32. The third-order valence-corrected chi connectivity index (χ3v) is 5.35. The number of hydrogen-bond donors (Lipinski definition) is 1. The number of anilines is 2. The molecule has 21 heavy (non-hydrogen) atoms. The Balaban J connectivity index is 2.58. The molecule has 0 bridgehead atoms. The molecule has 0 aromatic heterocycles. The van der Waals surface area contributed by atoms with Crippen molar-refractivity contribution in [3.63, 3.8) is 0 Å². The fraction of sp³-hybridized carbons (Fsp3) is 0.0769. The Hall–Kier alpha value is -1.50. The second-order valence-corrected chi connectivity index (χ2v) is 7.03. The first-order valence-electron chi connectivity index (χ1n) is 5.72. The molecular weight excluding hydrogens is 338 g/mol. The van der Waals surface area contributed by atoms with Crippen LogP contribution in [0.1, 0.15) is 0 Å². The molecule has 2 aromatic rings. The standard InChI is InChI=1S/C13H11Cl2FN2O2S/c1-18(12-6-8(14)2-5-11(12)17)21(19,20)13-7-9(16)3-4-10(13)15/h2-7H,17H2,1H3. The fourth-order valence-corrected chi connectivity index (χ4v) is 3.61. The normalized spacial score (nSPS) is 11.4. The van der Waals surface area contributed by atoms with E-state index >= 15 is 0 Å². The summed E-state index contributed by atoms with van der Waals surface area (Å²) in [5, 5.41) is 0.246. The molecule has 2 rings (SSSR count). The zero-order valence-electron chi connectivity index (χ0n) is 10.8. The van der Waals surface area contributed by atoms with E-state index in [1.54, 1.807) is 0 Å². The number of nitrogens with two attached hydrogens (primary N) is 1. The highest BCUT2D eigenvalue weighted by Gasteiger charge is 2.26. The van der Waals surface area contributed by atoms with Crippen LogP contribution in [0.15, 0.2) is 41.3 Å². The number of nitrogens with zero attached hydrogens (tertiary/aromatic N) is 1. The van der Waals surface area contributed by atoms with Gasteiger partial charge in [0.25, 0.3) is 10.0 Å². The van der Waals surface area contributed by atoms with Crippen molar-refractivity contribution >= 4 is 44.6 Å². The molecule has 0 saturated heterocycles. The van der Waals surface area contributed by atoms with Gasteiger partial charge in [0.05, 0.1) is 16.4 Å². The van der Waals surface area contributed by atoms with Gasteiger partial charge in [0.1, 0.15) is 10.7 Å². The second-order valence-electron chi connectivity index (χ2n) is 4.25. The zero-order valence-corrected chi connectivity index (χ0v) is 13.2. The molecule has 0 atom stereocenters. The Labute approximate surface area is 131 Å². The van der Waals surface area contributed by atoms with E-state index in [2.05, 4.69) is 0 Å². The summed E-state index contributed by atoms with van der Waals surface area (Å²) in [5.74, 6) is -0.703. The first-order chi connectivity index (χ1) is 9.73. The smallest absolute Gasteiger partial charge is 0.265 e. The number of nitrogen functional groups attached to an aromatic ring is 1. The average Bonchev–Trinajstić information content (AvgIpc) is 2.43. The van der Waals surface area contributed by atoms with E-state index in [0.717, 1.165) is 16.4 Å². The van der Waals surface area contributed by atoms with Gasteiger partial charge in [0, 0.05) is 12.1 Å². The van der Waals surface area contributed by atoms with Crippen molar-refractivity contribution in [3.05, 3.63) is 52.3 Å². The number of sulfonamides is 1. The van der Waals surface area contributed by atoms with E-state index in [9.17, 15) is 12.8 Å². The van der Waals surface area contributed by atoms with E-state index < -0.39 is 15.8 Å². The van der Waals surface area contributed by atoms with Gasteiger partial charge in [0.15, 0.2) is 0 Å². The molecule has 0 radical (unpaired) electrons. The van der Waals surface area contributed by atoms with Gasteiger partial charge in [-0.25, -0.2) is 12.8 Å². The predicted molar refractivity (Wildman–Crippen MR) is 82.9 cm³/mol. The van der Waals surface area contributed by atoms with Gasteiger partial charge in [-0.15, -0.1) is 0 Å². The lowest BCUT2D eigenvalue weighted by molar-refractivity contribution is 0.589. The van der Waals surface area contributed by atoms with Gasteiger partial charge in [-0.3, -0.25) is 4.31 Å². The molecule has 2 aromatic carbocycles. The third-order valence-electron chi connectivity index (χ3n) is 2.86. The van der Waals surface area contributed by atoms with Crippen LogP contribution in [-0.2, 0) is 10.0 Å². The minimum absolute atomic E-state index is 0.0798. The maximum atomic E-state index is 13.3. The first-order valence-corrected chi connectivity index (χ1v) is 7.92. The maximum absolute atomic E-state index is 13.3. The molecule has 0 unspecified atom stereocenters. The van der Waals surface area contributed by atoms with Crippen LogP contribution < -0.4 is 10.0 Å². The van der Waals surface area contributed by atoms with Gasteiger partial charge in [-0.1, -0.05) is 23.2 Å². The molecule has 0 saturated carbocycles. The topological polar surface area (TPSA) is 63.4 Å². The number of hydrogen-bond acceptors (Lipinski definition) is 3. The van der Waals surface area contributed by atoms with Crippen LogP contribution in [0.4, 0.5) is 15.8 Å². The highest BCUT2D eigenvalue weighted by atomic mass is 35.5. The SMILES string of the molecule is CN(c1cc(Cl)ccc1N)S(=O)(=O)c1cc(F)ccc1Cl. The Morgan fingerprint density at radius 2 is 1.81 bits per heavy atom. The summed E-state index contributed by atoms with van der Waals surface area (Å²) >= 11 is 11.7. The molecule has 0 aliphatic heterocycles. The molecular formula is C13H11Cl2FN2O2S. The Bertz CT molecular complexity index is 797. The van der Waals surface area contributed by atoms with E-state index in [1.807, 2.05) is 0 Å². The molecule has 4 nitrogen and oxygen atoms in total. The summed E-state index contributed by atoms with van der Waals surface area (Å²) in [6.07, 6.45) is 0. The summed E-state index contributed by atoms with van der Waals surface area (Å²) < 4.78 is 39.3. The summed E-state index contributed by atoms with van der Waals surface area (Å²) in [4.78, 5) is -0.342. The van der Waals surface area contributed by atoms with Crippen molar-refractivity contribution in [2.45, 2.75) is 4.90 Å². The lowest BCUT2D eigenvalue weighted by Crippen LogP contribution is -2.27. The van der Waals surface area contributed by atoms with Crippen molar-refractivity contribution in [2.24, 2.45) is 0 Å². The molecule has 0 heterocycles. The van der Waals surface area contributed by atoms with Crippen LogP contribution >= 0.6 is 23.2 Å². The molecule has 0 fully saturated rings. The van der Waals surface area contributed by atoms with Gasteiger partial charge >= 0.3 is 0 Å². The minimum atomic E-state index is -4.06. The van der Waals surface area contributed by atoms with Crippen molar-refractivity contribution in [3.8, 4) is 0 Å². The molecule has 2 N–H and O–H groups in total. The molecule has 0 spiro atoms. The van der Waals surface area contributed by atoms with Crippen molar-refractivity contribution in [1.82, 2.24) is 0 Å². The Kier molecular flexibility index (Phi) is 4.32. The van der Waals surface area contributed by atoms with Crippen LogP contribution in [0, 0.1) is 5.82 Å². The Morgan fingerprint density at radius 1 is 1.14 bits per heavy atom. The van der Waals surface area contributed by atoms with Gasteiger partial charge in [-0.05, 0) is 36.4 Å². The third kappa shape index (κ3) is 3.07. The highest BCUT2D eigenvalue weighted by molar-refractivity contribution is 7.93.